The molecular formula is C11H18S4. The Morgan fingerprint density at radius 2 is 1.33 bits per heavy atom. The zero-order valence-corrected chi connectivity index (χ0v) is 12.2. The third-order valence-electron chi connectivity index (χ3n) is 3.88. The lowest BCUT2D eigenvalue weighted by molar-refractivity contribution is 0.346. The summed E-state index contributed by atoms with van der Waals surface area (Å²) in [5, 5.41) is 1.99. The summed E-state index contributed by atoms with van der Waals surface area (Å²) < 4.78 is 0. The Bertz CT molecular complexity index is 195. The predicted molar refractivity (Wildman–Crippen MR) is 78.3 cm³/mol. The minimum absolute atomic E-state index is 0.706. The second kappa shape index (κ2) is 4.95. The van der Waals surface area contributed by atoms with Crippen LogP contribution in [0.5, 0.6) is 0 Å². The van der Waals surface area contributed by atoms with Crippen molar-refractivity contribution in [1.82, 2.24) is 0 Å². The van der Waals surface area contributed by atoms with E-state index in [0.29, 0.717) is 5.41 Å². The summed E-state index contributed by atoms with van der Waals surface area (Å²) in [4.78, 5) is 0. The van der Waals surface area contributed by atoms with E-state index in [2.05, 4.69) is 45.1 Å². The van der Waals surface area contributed by atoms with Gasteiger partial charge in [-0.1, -0.05) is 21.6 Å². The van der Waals surface area contributed by atoms with Crippen LogP contribution >= 0.6 is 45.1 Å². The number of hydrogen-bond donors (Lipinski definition) is 0. The average Bonchev–Trinajstić information content (AvgIpc) is 3.02. The monoisotopic (exact) mass is 278 g/mol. The first-order chi connectivity index (χ1) is 7.42. The van der Waals surface area contributed by atoms with Gasteiger partial charge in [0.2, 0.25) is 0 Å². The van der Waals surface area contributed by atoms with E-state index >= 15 is 0 Å². The molecule has 0 aromatic carbocycles. The molecule has 3 saturated heterocycles. The van der Waals surface area contributed by atoms with E-state index in [9.17, 15) is 0 Å². The van der Waals surface area contributed by atoms with Crippen molar-refractivity contribution >= 4 is 45.1 Å². The molecule has 0 aromatic rings. The van der Waals surface area contributed by atoms with Gasteiger partial charge >= 0.3 is 0 Å². The molecule has 0 saturated carbocycles. The van der Waals surface area contributed by atoms with Crippen LogP contribution in [0.25, 0.3) is 0 Å². The Labute approximate surface area is 109 Å². The highest BCUT2D eigenvalue weighted by molar-refractivity contribution is 8.77. The van der Waals surface area contributed by atoms with E-state index in [1.165, 1.54) is 48.7 Å². The lowest BCUT2D eigenvalue weighted by Gasteiger charge is -2.38. The normalized spacial score (nSPS) is 40.0. The van der Waals surface area contributed by atoms with Gasteiger partial charge in [0.05, 0.1) is 0 Å². The van der Waals surface area contributed by atoms with Gasteiger partial charge in [-0.15, -0.1) is 0 Å². The van der Waals surface area contributed by atoms with E-state index in [0.717, 1.165) is 10.5 Å². The molecule has 3 fully saturated rings. The van der Waals surface area contributed by atoms with Gasteiger partial charge < -0.3 is 0 Å². The Balaban J connectivity index is 1.80. The van der Waals surface area contributed by atoms with Gasteiger partial charge in [-0.25, -0.2) is 0 Å². The van der Waals surface area contributed by atoms with E-state index < -0.39 is 0 Å². The van der Waals surface area contributed by atoms with Gasteiger partial charge in [0.15, 0.2) is 0 Å². The maximum absolute atomic E-state index is 2.29. The van der Waals surface area contributed by atoms with Crippen molar-refractivity contribution in [2.24, 2.45) is 5.41 Å². The lowest BCUT2D eigenvalue weighted by Crippen LogP contribution is -2.42. The van der Waals surface area contributed by atoms with Crippen LogP contribution in [0.2, 0.25) is 0 Å². The molecule has 4 heteroatoms. The van der Waals surface area contributed by atoms with Gasteiger partial charge in [-0.3, -0.25) is 0 Å². The summed E-state index contributed by atoms with van der Waals surface area (Å²) in [7, 11) is 4.29. The molecule has 0 spiro atoms. The number of hydrogen-bond acceptors (Lipinski definition) is 4. The SMILES string of the molecule is C1CSC(C2(C3CCCS3)CSSC2)C1. The largest absolute Gasteiger partial charge is 0.158 e. The third kappa shape index (κ3) is 2.09. The quantitative estimate of drug-likeness (QED) is 0.695. The minimum atomic E-state index is 0.706. The van der Waals surface area contributed by atoms with Crippen LogP contribution < -0.4 is 0 Å². The van der Waals surface area contributed by atoms with Crippen LogP contribution in [0.3, 0.4) is 0 Å². The van der Waals surface area contributed by atoms with E-state index in [1.807, 2.05) is 0 Å². The van der Waals surface area contributed by atoms with Crippen molar-refractivity contribution in [1.29, 1.82) is 0 Å². The van der Waals surface area contributed by atoms with Gasteiger partial charge in [-0.2, -0.15) is 23.5 Å². The Kier molecular flexibility index (Phi) is 3.79. The molecule has 3 aliphatic heterocycles. The molecule has 0 radical (unpaired) electrons. The van der Waals surface area contributed by atoms with Gasteiger partial charge in [-0.05, 0) is 37.2 Å². The minimum Gasteiger partial charge on any atom is -0.158 e. The maximum atomic E-state index is 2.29. The molecule has 86 valence electrons. The molecule has 0 aliphatic carbocycles. The molecule has 2 atom stereocenters. The fourth-order valence-corrected chi connectivity index (χ4v) is 10.3. The Hall–Kier alpha value is 1.40. The van der Waals surface area contributed by atoms with E-state index in [4.69, 9.17) is 0 Å². The topological polar surface area (TPSA) is 0 Å². The van der Waals surface area contributed by atoms with Crippen molar-refractivity contribution in [3.05, 3.63) is 0 Å². The first kappa shape index (κ1) is 11.5. The zero-order chi connectivity index (χ0) is 10.1. The summed E-state index contributed by atoms with van der Waals surface area (Å²) >= 11 is 4.57. The molecule has 3 aliphatic rings. The fourth-order valence-electron chi connectivity index (χ4n) is 2.99. The highest BCUT2D eigenvalue weighted by Gasteiger charge is 2.50. The molecule has 2 unspecified atom stereocenters. The second-order valence-corrected chi connectivity index (χ2v) is 9.85. The fraction of sp³-hybridized carbons (Fsp3) is 1.00. The van der Waals surface area contributed by atoms with E-state index in [1.54, 1.807) is 0 Å². The first-order valence-corrected chi connectivity index (χ1v) is 10.5. The van der Waals surface area contributed by atoms with Gasteiger partial charge in [0, 0.05) is 27.4 Å². The molecule has 0 amide bonds. The molecule has 0 N–H and O–H groups in total. The summed E-state index contributed by atoms with van der Waals surface area (Å²) in [5.41, 5.74) is 0.706. The molecule has 0 aromatic heterocycles. The third-order valence-corrected chi connectivity index (χ3v) is 9.83. The standard InChI is InChI=1S/C11H18S4/c1-3-9(12-5-1)11(7-14-15-8-11)10-4-2-6-13-10/h9-10H,1-8H2. The second-order valence-electron chi connectivity index (χ2n) is 4.76. The van der Waals surface area contributed by atoms with Crippen molar-refractivity contribution in [3.63, 3.8) is 0 Å². The maximum Gasteiger partial charge on any atom is 0.0138 e. The van der Waals surface area contributed by atoms with Crippen molar-refractivity contribution in [2.45, 2.75) is 36.2 Å². The van der Waals surface area contributed by atoms with E-state index in [-0.39, 0.29) is 0 Å². The predicted octanol–water partition coefficient (Wildman–Crippen LogP) is 4.16. The van der Waals surface area contributed by atoms with Crippen LogP contribution in [0.1, 0.15) is 25.7 Å². The highest BCUT2D eigenvalue weighted by Crippen LogP contribution is 2.58. The first-order valence-electron chi connectivity index (χ1n) is 5.89. The summed E-state index contributed by atoms with van der Waals surface area (Å²) in [6.07, 6.45) is 5.96. The van der Waals surface area contributed by atoms with Crippen LogP contribution in [0.4, 0.5) is 0 Å². The Morgan fingerprint density at radius 1 is 0.800 bits per heavy atom. The average molecular weight is 279 g/mol. The van der Waals surface area contributed by atoms with Crippen LogP contribution in [-0.2, 0) is 0 Å². The van der Waals surface area contributed by atoms with Gasteiger partial charge in [0.25, 0.3) is 0 Å². The molecule has 0 nitrogen and oxygen atoms in total. The lowest BCUT2D eigenvalue weighted by atomic mass is 9.81. The smallest absolute Gasteiger partial charge is 0.0138 e. The molecule has 3 heterocycles. The highest BCUT2D eigenvalue weighted by atomic mass is 33.1. The Morgan fingerprint density at radius 3 is 1.73 bits per heavy atom. The summed E-state index contributed by atoms with van der Waals surface area (Å²) in [6, 6.07) is 0. The summed E-state index contributed by atoms with van der Waals surface area (Å²) in [5.74, 6) is 5.73. The van der Waals surface area contributed by atoms with Crippen molar-refractivity contribution in [3.8, 4) is 0 Å². The molecule has 0 bridgehead atoms. The molecule has 15 heavy (non-hydrogen) atoms. The van der Waals surface area contributed by atoms with Crippen LogP contribution in [-0.4, -0.2) is 33.5 Å². The van der Waals surface area contributed by atoms with Crippen molar-refractivity contribution < 1.29 is 0 Å². The zero-order valence-electron chi connectivity index (χ0n) is 8.94. The van der Waals surface area contributed by atoms with Crippen molar-refractivity contribution in [2.75, 3.05) is 23.0 Å². The number of rotatable bonds is 2. The molecule has 3 rings (SSSR count). The molecular weight excluding hydrogens is 260 g/mol. The van der Waals surface area contributed by atoms with Crippen LogP contribution in [0, 0.1) is 5.41 Å². The van der Waals surface area contributed by atoms with Crippen LogP contribution in [0.15, 0.2) is 0 Å². The van der Waals surface area contributed by atoms with Gasteiger partial charge in [0.1, 0.15) is 0 Å². The number of thioether (sulfide) groups is 2. The summed E-state index contributed by atoms with van der Waals surface area (Å²) in [6.45, 7) is 0.